The molecule has 4 aliphatic rings. The Balaban J connectivity index is 1.63. The Morgan fingerprint density at radius 3 is 2.77 bits per heavy atom. The summed E-state index contributed by atoms with van der Waals surface area (Å²) in [6.07, 6.45) is 12.7. The Kier molecular flexibility index (Phi) is 4.41. The maximum Gasteiger partial charge on any atom is 0.252 e. The van der Waals surface area contributed by atoms with Gasteiger partial charge in [0.2, 0.25) is 0 Å². The first-order chi connectivity index (χ1) is 12.5. The molecule has 0 saturated heterocycles. The van der Waals surface area contributed by atoms with Crippen molar-refractivity contribution in [3.8, 4) is 0 Å². The Morgan fingerprint density at radius 2 is 2.08 bits per heavy atom. The average molecular weight is 354 g/mol. The molecule has 0 aromatic carbocycles. The number of rotatable bonds is 4. The quantitative estimate of drug-likeness (QED) is 0.602. The van der Waals surface area contributed by atoms with Crippen molar-refractivity contribution >= 4 is 12.1 Å². The van der Waals surface area contributed by atoms with E-state index in [0.29, 0.717) is 18.0 Å². The molecule has 5 heteroatoms. The highest BCUT2D eigenvalue weighted by molar-refractivity contribution is 5.96. The summed E-state index contributed by atoms with van der Waals surface area (Å²) in [4.78, 5) is 18.2. The first-order valence-electron chi connectivity index (χ1n) is 9.93. The summed E-state index contributed by atoms with van der Waals surface area (Å²) in [5, 5.41) is 7.65. The molecular formula is C21H30N4O. The lowest BCUT2D eigenvalue weighted by Crippen LogP contribution is -2.45. The summed E-state index contributed by atoms with van der Waals surface area (Å²) >= 11 is 0. The van der Waals surface area contributed by atoms with Gasteiger partial charge in [0.15, 0.2) is 0 Å². The van der Waals surface area contributed by atoms with Crippen molar-refractivity contribution in [1.82, 2.24) is 9.80 Å². The number of carbonyl (C=O) groups is 1. The first-order valence-corrected chi connectivity index (χ1v) is 9.93. The number of nitrogens with one attached hydrogen (secondary N) is 1. The third-order valence-electron chi connectivity index (χ3n) is 6.71. The van der Waals surface area contributed by atoms with E-state index in [0.717, 1.165) is 67.5 Å². The second kappa shape index (κ2) is 6.60. The minimum Gasteiger partial charge on any atom is -0.402 e. The van der Waals surface area contributed by atoms with E-state index in [-0.39, 0.29) is 11.9 Å². The molecule has 0 aromatic rings. The average Bonchev–Trinajstić information content (AvgIpc) is 3.44. The summed E-state index contributed by atoms with van der Waals surface area (Å²) in [7, 11) is 2.11. The zero-order valence-corrected chi connectivity index (χ0v) is 15.9. The SMILES string of the molecule is CC1=C(C(=O)N(C2CC2)C2CCC(N)=C(C=N)C2)C2CCC=CC2N1C. The molecule has 5 nitrogen and oxygen atoms in total. The second-order valence-corrected chi connectivity index (χ2v) is 8.25. The summed E-state index contributed by atoms with van der Waals surface area (Å²) in [5.74, 6) is 0.569. The van der Waals surface area contributed by atoms with Crippen LogP contribution in [0.3, 0.4) is 0 Å². The fourth-order valence-electron chi connectivity index (χ4n) is 5.01. The number of carbonyl (C=O) groups excluding carboxylic acids is 1. The van der Waals surface area contributed by atoms with Crippen molar-refractivity contribution in [2.45, 2.75) is 70.0 Å². The summed E-state index contributed by atoms with van der Waals surface area (Å²) in [5.41, 5.74) is 9.98. The highest BCUT2D eigenvalue weighted by Gasteiger charge is 2.45. The third kappa shape index (κ3) is 2.78. The molecule has 0 bridgehead atoms. The number of nitrogens with two attached hydrogens (primary N) is 1. The number of amides is 1. The van der Waals surface area contributed by atoms with Crippen LogP contribution in [0.15, 0.2) is 34.7 Å². The van der Waals surface area contributed by atoms with Crippen molar-refractivity contribution in [2.75, 3.05) is 7.05 Å². The Labute approximate surface area is 156 Å². The van der Waals surface area contributed by atoms with Gasteiger partial charge in [-0.25, -0.2) is 0 Å². The number of hydrogen-bond acceptors (Lipinski definition) is 4. The number of likely N-dealkylation sites (N-methyl/N-ethyl adjacent to an activating group) is 1. The van der Waals surface area contributed by atoms with Gasteiger partial charge in [-0.15, -0.1) is 0 Å². The molecule has 3 aliphatic carbocycles. The van der Waals surface area contributed by atoms with Crippen molar-refractivity contribution in [3.05, 3.63) is 34.7 Å². The van der Waals surface area contributed by atoms with Gasteiger partial charge in [0.05, 0.1) is 6.04 Å². The standard InChI is InChI=1S/C21H30N4O/c1-13-20(17-5-3-4-6-19(17)24(13)2)21(26)25(15-7-8-15)16-9-10-18(23)14(11-16)12-22/h4,6,12,15-17,19,22H,3,5,7-11,23H2,1-2H3. The monoisotopic (exact) mass is 354 g/mol. The molecule has 1 aliphatic heterocycles. The topological polar surface area (TPSA) is 73.4 Å². The lowest BCUT2D eigenvalue weighted by molar-refractivity contribution is -0.130. The van der Waals surface area contributed by atoms with Crippen LogP contribution < -0.4 is 5.73 Å². The maximum atomic E-state index is 13.7. The third-order valence-corrected chi connectivity index (χ3v) is 6.71. The van der Waals surface area contributed by atoms with E-state index in [1.165, 1.54) is 6.21 Å². The number of fused-ring (bicyclic) bond motifs is 1. The van der Waals surface area contributed by atoms with Gasteiger partial charge in [0.25, 0.3) is 5.91 Å². The number of allylic oxidation sites excluding steroid dienone is 3. The van der Waals surface area contributed by atoms with Crippen molar-refractivity contribution in [1.29, 1.82) is 5.41 Å². The van der Waals surface area contributed by atoms with Crippen LogP contribution in [-0.2, 0) is 4.79 Å². The highest BCUT2D eigenvalue weighted by atomic mass is 16.2. The van der Waals surface area contributed by atoms with Crippen LogP contribution in [0.25, 0.3) is 0 Å². The molecule has 1 heterocycles. The first kappa shape index (κ1) is 17.4. The van der Waals surface area contributed by atoms with Gasteiger partial charge >= 0.3 is 0 Å². The molecule has 3 unspecified atom stereocenters. The fourth-order valence-corrected chi connectivity index (χ4v) is 5.01. The van der Waals surface area contributed by atoms with Crippen molar-refractivity contribution < 1.29 is 4.79 Å². The van der Waals surface area contributed by atoms with Gasteiger partial charge in [-0.3, -0.25) is 4.79 Å². The van der Waals surface area contributed by atoms with Gasteiger partial charge < -0.3 is 20.9 Å². The number of nitrogens with zero attached hydrogens (tertiary/aromatic N) is 2. The zero-order chi connectivity index (χ0) is 18.4. The van der Waals surface area contributed by atoms with Crippen LogP contribution in [0.2, 0.25) is 0 Å². The van der Waals surface area contributed by atoms with Crippen molar-refractivity contribution in [2.24, 2.45) is 11.7 Å². The van der Waals surface area contributed by atoms with Crippen LogP contribution in [0.4, 0.5) is 0 Å². The minimum absolute atomic E-state index is 0.183. The Bertz CT molecular complexity index is 716. The molecule has 0 spiro atoms. The summed E-state index contributed by atoms with van der Waals surface area (Å²) in [6, 6.07) is 0.896. The van der Waals surface area contributed by atoms with Crippen LogP contribution >= 0.6 is 0 Å². The highest BCUT2D eigenvalue weighted by Crippen LogP contribution is 2.43. The molecule has 1 saturated carbocycles. The van der Waals surface area contributed by atoms with Crippen LogP contribution in [0.1, 0.15) is 51.9 Å². The van der Waals surface area contributed by atoms with Gasteiger partial charge in [-0.05, 0) is 57.4 Å². The van der Waals surface area contributed by atoms with E-state index in [2.05, 4.69) is 35.9 Å². The van der Waals surface area contributed by atoms with E-state index in [1.807, 2.05) is 0 Å². The van der Waals surface area contributed by atoms with Crippen LogP contribution in [0.5, 0.6) is 0 Å². The molecule has 26 heavy (non-hydrogen) atoms. The molecular weight excluding hydrogens is 324 g/mol. The molecule has 1 amide bonds. The van der Waals surface area contributed by atoms with E-state index in [1.54, 1.807) is 0 Å². The smallest absolute Gasteiger partial charge is 0.252 e. The zero-order valence-electron chi connectivity index (χ0n) is 15.9. The van der Waals surface area contributed by atoms with Gasteiger partial charge in [-0.1, -0.05) is 12.2 Å². The summed E-state index contributed by atoms with van der Waals surface area (Å²) in [6.45, 7) is 2.10. The van der Waals surface area contributed by atoms with Crippen LogP contribution in [-0.4, -0.2) is 47.1 Å². The summed E-state index contributed by atoms with van der Waals surface area (Å²) < 4.78 is 0. The minimum atomic E-state index is 0.183. The fraction of sp³-hybridized carbons (Fsp3) is 0.619. The molecule has 4 rings (SSSR count). The van der Waals surface area contributed by atoms with E-state index < -0.39 is 0 Å². The normalized spacial score (nSPS) is 31.3. The van der Waals surface area contributed by atoms with Crippen molar-refractivity contribution in [3.63, 3.8) is 0 Å². The van der Waals surface area contributed by atoms with E-state index >= 15 is 0 Å². The molecule has 0 aromatic heterocycles. The molecule has 3 atom stereocenters. The molecule has 0 radical (unpaired) electrons. The number of hydrogen-bond donors (Lipinski definition) is 2. The van der Waals surface area contributed by atoms with E-state index in [4.69, 9.17) is 11.1 Å². The lowest BCUT2D eigenvalue weighted by atomic mass is 9.84. The maximum absolute atomic E-state index is 13.7. The van der Waals surface area contributed by atoms with E-state index in [9.17, 15) is 4.79 Å². The Morgan fingerprint density at radius 1 is 1.31 bits per heavy atom. The van der Waals surface area contributed by atoms with Gasteiger partial charge in [0, 0.05) is 48.2 Å². The van der Waals surface area contributed by atoms with Gasteiger partial charge in [-0.2, -0.15) is 0 Å². The largest absolute Gasteiger partial charge is 0.402 e. The second-order valence-electron chi connectivity index (χ2n) is 8.25. The predicted octanol–water partition coefficient (Wildman–Crippen LogP) is 2.95. The van der Waals surface area contributed by atoms with Gasteiger partial charge in [0.1, 0.15) is 0 Å². The van der Waals surface area contributed by atoms with Crippen LogP contribution in [0, 0.1) is 11.3 Å². The lowest BCUT2D eigenvalue weighted by Gasteiger charge is -2.36. The molecule has 1 fully saturated rings. The molecule has 140 valence electrons. The predicted molar refractivity (Wildman–Crippen MR) is 104 cm³/mol. The Hall–Kier alpha value is -2.04. The molecule has 3 N–H and O–H groups in total.